The van der Waals surface area contributed by atoms with E-state index in [0.29, 0.717) is 0 Å². The predicted molar refractivity (Wildman–Crippen MR) is 217 cm³/mol. The highest BCUT2D eigenvalue weighted by molar-refractivity contribution is 6.30. The molecule has 0 bridgehead atoms. The van der Waals surface area contributed by atoms with Gasteiger partial charge in [-0.3, -0.25) is 0 Å². The van der Waals surface area contributed by atoms with Gasteiger partial charge in [-0.2, -0.15) is 0 Å². The summed E-state index contributed by atoms with van der Waals surface area (Å²) >= 11 is 0. The summed E-state index contributed by atoms with van der Waals surface area (Å²) in [5, 5.41) is 12.3. The Balaban J connectivity index is 1.19. The fourth-order valence-corrected chi connectivity index (χ4v) is 8.57. The minimum absolute atomic E-state index is 0.937. The van der Waals surface area contributed by atoms with Crippen molar-refractivity contribution in [3.8, 4) is 44.5 Å². The summed E-state index contributed by atoms with van der Waals surface area (Å²) in [6.45, 7) is 0. The topological polar surface area (TPSA) is 13.1 Å². The lowest BCUT2D eigenvalue weighted by Gasteiger charge is -2.20. The Morgan fingerprint density at radius 1 is 0.275 bits per heavy atom. The van der Waals surface area contributed by atoms with Crippen LogP contribution in [0.2, 0.25) is 0 Å². The average Bonchev–Trinajstić information content (AvgIpc) is 3.59. The van der Waals surface area contributed by atoms with Crippen LogP contribution in [0.3, 0.4) is 0 Å². The molecule has 1 nitrogen and oxygen atoms in total. The van der Waals surface area contributed by atoms with Crippen molar-refractivity contribution in [3.63, 3.8) is 0 Å². The van der Waals surface area contributed by atoms with Gasteiger partial charge in [-0.1, -0.05) is 152 Å². The molecule has 11 aromatic rings. The molecule has 0 unspecified atom stereocenters. The highest BCUT2D eigenvalue weighted by atomic mass is 16.3. The average molecular weight is 647 g/mol. The molecule has 0 aliphatic heterocycles. The van der Waals surface area contributed by atoms with Crippen LogP contribution in [0.25, 0.3) is 110 Å². The minimum Gasteiger partial charge on any atom is -0.456 e. The molecule has 0 amide bonds. The van der Waals surface area contributed by atoms with Crippen molar-refractivity contribution < 1.29 is 4.42 Å². The molecule has 1 heterocycles. The Morgan fingerprint density at radius 3 is 1.55 bits per heavy atom. The molecule has 0 aliphatic rings. The van der Waals surface area contributed by atoms with E-state index in [9.17, 15) is 0 Å². The van der Waals surface area contributed by atoms with E-state index in [4.69, 9.17) is 4.42 Å². The molecule has 0 N–H and O–H groups in total. The van der Waals surface area contributed by atoms with Crippen molar-refractivity contribution in [2.24, 2.45) is 0 Å². The summed E-state index contributed by atoms with van der Waals surface area (Å²) in [5.74, 6) is 0. The Kier molecular flexibility index (Phi) is 6.02. The second-order valence-corrected chi connectivity index (χ2v) is 13.6. The zero-order valence-corrected chi connectivity index (χ0v) is 27.7. The van der Waals surface area contributed by atoms with E-state index < -0.39 is 0 Å². The summed E-state index contributed by atoms with van der Waals surface area (Å²) in [6, 6.07) is 66.4. The summed E-state index contributed by atoms with van der Waals surface area (Å²) in [5.41, 5.74) is 11.8. The summed E-state index contributed by atoms with van der Waals surface area (Å²) in [7, 11) is 0. The van der Waals surface area contributed by atoms with Gasteiger partial charge in [0.2, 0.25) is 0 Å². The molecule has 236 valence electrons. The van der Waals surface area contributed by atoms with Gasteiger partial charge in [0.25, 0.3) is 0 Å². The predicted octanol–water partition coefficient (Wildman–Crippen LogP) is 14.3. The standard InChI is InChI=1S/C50H30O/c1-2-12-31(13-3-1)33-15-8-16-34(28-33)35-27-26-32-14-9-22-41(43(32)29-35)48-37-18-4-6-20-39(37)49(40-21-7-5-19-38(40)48)44-30-36-17-10-24-45-47(36)50-42(44)23-11-25-46(50)51-45/h1-30H. The van der Waals surface area contributed by atoms with Gasteiger partial charge < -0.3 is 4.42 Å². The maximum Gasteiger partial charge on any atom is 0.136 e. The van der Waals surface area contributed by atoms with Crippen LogP contribution in [0.15, 0.2) is 186 Å². The molecule has 0 atom stereocenters. The van der Waals surface area contributed by atoms with Gasteiger partial charge in [0, 0.05) is 10.8 Å². The first kappa shape index (κ1) is 28.2. The number of hydrogen-bond donors (Lipinski definition) is 0. The third-order valence-corrected chi connectivity index (χ3v) is 10.8. The molecule has 0 aliphatic carbocycles. The first-order chi connectivity index (χ1) is 25.3. The van der Waals surface area contributed by atoms with E-state index in [0.717, 1.165) is 11.2 Å². The lowest BCUT2D eigenvalue weighted by Crippen LogP contribution is -1.93. The van der Waals surface area contributed by atoms with Gasteiger partial charge in [-0.25, -0.2) is 0 Å². The molecule has 11 rings (SSSR count). The van der Waals surface area contributed by atoms with Crippen LogP contribution in [0, 0.1) is 0 Å². The number of hydrogen-bond acceptors (Lipinski definition) is 1. The Hall–Kier alpha value is -6.70. The molecule has 1 heteroatoms. The maximum atomic E-state index is 6.37. The van der Waals surface area contributed by atoms with Crippen molar-refractivity contribution >= 4 is 65.0 Å². The Labute approximate surface area is 295 Å². The summed E-state index contributed by atoms with van der Waals surface area (Å²) in [4.78, 5) is 0. The fourth-order valence-electron chi connectivity index (χ4n) is 8.57. The molecule has 10 aromatic carbocycles. The molecule has 51 heavy (non-hydrogen) atoms. The van der Waals surface area contributed by atoms with Crippen LogP contribution in [0.5, 0.6) is 0 Å². The normalized spacial score (nSPS) is 11.9. The van der Waals surface area contributed by atoms with E-state index in [-0.39, 0.29) is 0 Å². The van der Waals surface area contributed by atoms with Crippen molar-refractivity contribution in [2.75, 3.05) is 0 Å². The third-order valence-electron chi connectivity index (χ3n) is 10.8. The van der Waals surface area contributed by atoms with Gasteiger partial charge >= 0.3 is 0 Å². The molecule has 0 saturated carbocycles. The van der Waals surface area contributed by atoms with Gasteiger partial charge in [0.15, 0.2) is 0 Å². The van der Waals surface area contributed by atoms with Crippen molar-refractivity contribution in [2.45, 2.75) is 0 Å². The number of benzene rings is 10. The zero-order valence-electron chi connectivity index (χ0n) is 27.7. The lowest BCUT2D eigenvalue weighted by atomic mass is 9.83. The lowest BCUT2D eigenvalue weighted by molar-refractivity contribution is 0.669. The first-order valence-electron chi connectivity index (χ1n) is 17.6. The summed E-state index contributed by atoms with van der Waals surface area (Å²) < 4.78 is 6.37. The third kappa shape index (κ3) is 4.22. The molecule has 0 radical (unpaired) electrons. The van der Waals surface area contributed by atoms with Gasteiger partial charge in [-0.15, -0.1) is 0 Å². The van der Waals surface area contributed by atoms with Crippen molar-refractivity contribution in [1.29, 1.82) is 0 Å². The number of fused-ring (bicyclic) bond motifs is 3. The zero-order chi connectivity index (χ0) is 33.5. The molecule has 0 saturated heterocycles. The largest absolute Gasteiger partial charge is 0.456 e. The molecular weight excluding hydrogens is 617 g/mol. The Morgan fingerprint density at radius 2 is 0.804 bits per heavy atom. The van der Waals surface area contributed by atoms with Crippen LogP contribution in [0.1, 0.15) is 0 Å². The van der Waals surface area contributed by atoms with Crippen LogP contribution in [-0.2, 0) is 0 Å². The van der Waals surface area contributed by atoms with E-state index in [1.807, 2.05) is 0 Å². The smallest absolute Gasteiger partial charge is 0.136 e. The van der Waals surface area contributed by atoms with Crippen molar-refractivity contribution in [3.05, 3.63) is 182 Å². The highest BCUT2D eigenvalue weighted by Gasteiger charge is 2.22. The maximum absolute atomic E-state index is 6.37. The second kappa shape index (κ2) is 10.9. The number of furan rings is 1. The van der Waals surface area contributed by atoms with Crippen LogP contribution >= 0.6 is 0 Å². The highest BCUT2D eigenvalue weighted by Crippen LogP contribution is 2.49. The van der Waals surface area contributed by atoms with E-state index in [1.165, 1.54) is 98.4 Å². The van der Waals surface area contributed by atoms with E-state index in [1.54, 1.807) is 0 Å². The molecule has 1 aromatic heterocycles. The van der Waals surface area contributed by atoms with Crippen LogP contribution < -0.4 is 0 Å². The van der Waals surface area contributed by atoms with Gasteiger partial charge in [0.1, 0.15) is 11.2 Å². The van der Waals surface area contributed by atoms with Crippen molar-refractivity contribution in [1.82, 2.24) is 0 Å². The first-order valence-corrected chi connectivity index (χ1v) is 17.6. The van der Waals surface area contributed by atoms with Crippen LogP contribution in [-0.4, -0.2) is 0 Å². The molecule has 0 spiro atoms. The SMILES string of the molecule is c1ccc(-c2cccc(-c3ccc4cccc(-c5c6ccccc6c(-c6cc7cccc8oc9cccc6c9c78)c6ccccc56)c4c3)c2)cc1. The minimum atomic E-state index is 0.937. The molecule has 0 fully saturated rings. The van der Waals surface area contributed by atoms with E-state index in [2.05, 4.69) is 182 Å². The molecular formula is C50H30O. The number of rotatable bonds is 4. The van der Waals surface area contributed by atoms with Crippen LogP contribution in [0.4, 0.5) is 0 Å². The monoisotopic (exact) mass is 646 g/mol. The van der Waals surface area contributed by atoms with Gasteiger partial charge in [0.05, 0.1) is 0 Å². The quantitative estimate of drug-likeness (QED) is 0.137. The summed E-state index contributed by atoms with van der Waals surface area (Å²) in [6.07, 6.45) is 0. The van der Waals surface area contributed by atoms with E-state index >= 15 is 0 Å². The fraction of sp³-hybridized carbons (Fsp3) is 0. The Bertz CT molecular complexity index is 3070. The van der Waals surface area contributed by atoms with Gasteiger partial charge in [-0.05, 0) is 118 Å². The second-order valence-electron chi connectivity index (χ2n) is 13.6.